The zero-order chi connectivity index (χ0) is 12.8. The third-order valence-electron chi connectivity index (χ3n) is 3.12. The molecular formula is C10H13BrClNO2S2. The van der Waals surface area contributed by atoms with Crippen LogP contribution in [-0.4, -0.2) is 15.0 Å². The molecule has 3 nitrogen and oxygen atoms in total. The normalized spacial score (nSPS) is 22.7. The van der Waals surface area contributed by atoms with Gasteiger partial charge in [0.05, 0.1) is 8.81 Å². The van der Waals surface area contributed by atoms with Gasteiger partial charge in [0, 0.05) is 6.54 Å². The third-order valence-corrected chi connectivity index (χ3v) is 7.50. The first kappa shape index (κ1) is 13.8. The van der Waals surface area contributed by atoms with Gasteiger partial charge >= 0.3 is 0 Å². The fraction of sp³-hybridized carbons (Fsp3) is 0.600. The minimum absolute atomic E-state index is 0.257. The monoisotopic (exact) mass is 357 g/mol. The molecule has 1 aliphatic carbocycles. The van der Waals surface area contributed by atoms with Gasteiger partial charge in [-0.25, -0.2) is 13.1 Å². The van der Waals surface area contributed by atoms with Crippen LogP contribution in [0.2, 0.25) is 5.02 Å². The van der Waals surface area contributed by atoms with Crippen molar-refractivity contribution < 1.29 is 8.42 Å². The zero-order valence-corrected chi connectivity index (χ0v) is 13.4. The number of thiophene rings is 1. The third kappa shape index (κ3) is 3.04. The molecule has 1 unspecified atom stereocenters. The van der Waals surface area contributed by atoms with Crippen molar-refractivity contribution >= 4 is 48.9 Å². The molecule has 1 atom stereocenters. The number of sulfonamides is 1. The molecule has 0 spiro atoms. The smallest absolute Gasteiger partial charge is 0.210 e. The Kier molecular flexibility index (Phi) is 3.64. The standard InChI is InChI=1S/C10H13BrClNO2S2/c1-10(2)4-6(10)5-13-17(14,15)8-3-7(12)9(11)16-8/h3,6,13H,4-5H2,1-2H3. The van der Waals surface area contributed by atoms with Crippen LogP contribution in [0, 0.1) is 11.3 Å². The SMILES string of the molecule is CC1(C)CC1CNS(=O)(=O)c1cc(Cl)c(Br)s1. The predicted molar refractivity (Wildman–Crippen MR) is 74.1 cm³/mol. The van der Waals surface area contributed by atoms with Crippen LogP contribution in [0.15, 0.2) is 14.1 Å². The highest BCUT2D eigenvalue weighted by Gasteiger charge is 2.45. The van der Waals surface area contributed by atoms with Gasteiger partial charge in [-0.05, 0) is 39.8 Å². The maximum Gasteiger partial charge on any atom is 0.250 e. The van der Waals surface area contributed by atoms with Crippen LogP contribution in [0.25, 0.3) is 0 Å². The Labute approximate surface area is 119 Å². The molecule has 0 aliphatic heterocycles. The summed E-state index contributed by atoms with van der Waals surface area (Å²) < 4.78 is 27.5. The molecule has 0 saturated heterocycles. The van der Waals surface area contributed by atoms with Crippen molar-refractivity contribution in [3.05, 3.63) is 14.9 Å². The Morgan fingerprint density at radius 3 is 2.65 bits per heavy atom. The van der Waals surface area contributed by atoms with Gasteiger partial charge in [-0.2, -0.15) is 0 Å². The van der Waals surface area contributed by atoms with E-state index in [1.807, 2.05) is 0 Å². The van der Waals surface area contributed by atoms with Crippen LogP contribution in [0.1, 0.15) is 20.3 Å². The van der Waals surface area contributed by atoms with Gasteiger partial charge in [0.25, 0.3) is 0 Å². The molecule has 0 aromatic carbocycles. The second kappa shape index (κ2) is 4.49. The van der Waals surface area contributed by atoms with E-state index in [9.17, 15) is 8.42 Å². The second-order valence-electron chi connectivity index (χ2n) is 4.93. The first-order valence-electron chi connectivity index (χ1n) is 5.17. The summed E-state index contributed by atoms with van der Waals surface area (Å²) in [5, 5.41) is 0.433. The van der Waals surface area contributed by atoms with Crippen LogP contribution >= 0.6 is 38.9 Å². The molecule has 1 fully saturated rings. The lowest BCUT2D eigenvalue weighted by Crippen LogP contribution is -2.26. The van der Waals surface area contributed by atoms with E-state index in [2.05, 4.69) is 34.5 Å². The summed E-state index contributed by atoms with van der Waals surface area (Å²) in [7, 11) is -3.41. The lowest BCUT2D eigenvalue weighted by atomic mass is 10.1. The van der Waals surface area contributed by atoms with Gasteiger partial charge in [0.15, 0.2) is 0 Å². The molecule has 1 aromatic rings. The molecule has 2 rings (SSSR count). The fourth-order valence-electron chi connectivity index (χ4n) is 1.67. The van der Waals surface area contributed by atoms with Crippen LogP contribution in [0.3, 0.4) is 0 Å². The van der Waals surface area contributed by atoms with Gasteiger partial charge in [-0.15, -0.1) is 11.3 Å². The van der Waals surface area contributed by atoms with Crippen molar-refractivity contribution in [1.82, 2.24) is 4.72 Å². The van der Waals surface area contributed by atoms with Crippen molar-refractivity contribution in [1.29, 1.82) is 0 Å². The Morgan fingerprint density at radius 2 is 2.24 bits per heavy atom. The summed E-state index contributed by atoms with van der Waals surface area (Å²) in [5.74, 6) is 0.441. The Bertz CT molecular complexity index is 519. The minimum atomic E-state index is -3.41. The molecule has 0 radical (unpaired) electrons. The molecule has 1 aromatic heterocycles. The maximum absolute atomic E-state index is 12.0. The van der Waals surface area contributed by atoms with E-state index in [1.165, 1.54) is 6.07 Å². The predicted octanol–water partition coefficient (Wildman–Crippen LogP) is 3.49. The quantitative estimate of drug-likeness (QED) is 0.895. The second-order valence-corrected chi connectivity index (χ2v) is 9.70. The molecule has 1 aliphatic rings. The average molecular weight is 359 g/mol. The minimum Gasteiger partial charge on any atom is -0.210 e. The van der Waals surface area contributed by atoms with Gasteiger partial charge in [0.1, 0.15) is 4.21 Å². The summed E-state index contributed by atoms with van der Waals surface area (Å²) in [6.45, 7) is 4.79. The van der Waals surface area contributed by atoms with Gasteiger partial charge in [-0.1, -0.05) is 25.4 Å². The van der Waals surface area contributed by atoms with Gasteiger partial charge in [-0.3, -0.25) is 0 Å². The number of nitrogens with one attached hydrogen (secondary N) is 1. The Morgan fingerprint density at radius 1 is 1.65 bits per heavy atom. The van der Waals surface area contributed by atoms with E-state index in [4.69, 9.17) is 11.6 Å². The Hall–Kier alpha value is 0.380. The van der Waals surface area contributed by atoms with Crippen LogP contribution in [0.4, 0.5) is 0 Å². The summed E-state index contributed by atoms with van der Waals surface area (Å²) in [6.07, 6.45) is 1.07. The largest absolute Gasteiger partial charge is 0.250 e. The van der Waals surface area contributed by atoms with Crippen molar-refractivity contribution in [3.63, 3.8) is 0 Å². The Balaban J connectivity index is 2.04. The average Bonchev–Trinajstić information content (AvgIpc) is 2.67. The molecule has 1 N–H and O–H groups in total. The molecular weight excluding hydrogens is 346 g/mol. The topological polar surface area (TPSA) is 46.2 Å². The number of hydrogen-bond acceptors (Lipinski definition) is 3. The first-order valence-corrected chi connectivity index (χ1v) is 8.64. The van der Waals surface area contributed by atoms with Crippen LogP contribution in [0.5, 0.6) is 0 Å². The summed E-state index contributed by atoms with van der Waals surface area (Å²) in [6, 6.07) is 1.47. The van der Waals surface area contributed by atoms with E-state index in [0.717, 1.165) is 17.8 Å². The summed E-state index contributed by atoms with van der Waals surface area (Å²) in [4.78, 5) is 0. The number of hydrogen-bond donors (Lipinski definition) is 1. The van der Waals surface area contributed by atoms with E-state index in [1.54, 1.807) is 0 Å². The van der Waals surface area contributed by atoms with E-state index in [-0.39, 0.29) is 9.62 Å². The van der Waals surface area contributed by atoms with Crippen molar-refractivity contribution in [2.75, 3.05) is 6.54 Å². The van der Waals surface area contributed by atoms with Crippen molar-refractivity contribution in [3.8, 4) is 0 Å². The van der Waals surface area contributed by atoms with Crippen LogP contribution in [-0.2, 0) is 10.0 Å². The molecule has 96 valence electrons. The van der Waals surface area contributed by atoms with E-state index in [0.29, 0.717) is 21.3 Å². The van der Waals surface area contributed by atoms with Crippen LogP contribution < -0.4 is 4.72 Å². The molecule has 0 amide bonds. The maximum atomic E-state index is 12.0. The first-order chi connectivity index (χ1) is 7.72. The highest BCUT2D eigenvalue weighted by molar-refractivity contribution is 9.11. The molecule has 17 heavy (non-hydrogen) atoms. The van der Waals surface area contributed by atoms with Gasteiger partial charge < -0.3 is 0 Å². The van der Waals surface area contributed by atoms with Gasteiger partial charge in [0.2, 0.25) is 10.0 Å². The van der Waals surface area contributed by atoms with E-state index >= 15 is 0 Å². The lowest BCUT2D eigenvalue weighted by Gasteiger charge is -2.05. The zero-order valence-electron chi connectivity index (χ0n) is 9.46. The highest BCUT2D eigenvalue weighted by atomic mass is 79.9. The summed E-state index contributed by atoms with van der Waals surface area (Å²) >= 11 is 10.2. The lowest BCUT2D eigenvalue weighted by molar-refractivity contribution is 0.538. The number of halogens is 2. The molecule has 7 heteroatoms. The molecule has 1 heterocycles. The highest BCUT2D eigenvalue weighted by Crippen LogP contribution is 2.51. The number of rotatable bonds is 4. The van der Waals surface area contributed by atoms with Crippen molar-refractivity contribution in [2.24, 2.45) is 11.3 Å². The fourth-order valence-corrected chi connectivity index (χ4v) is 5.19. The molecule has 0 bridgehead atoms. The molecule has 1 saturated carbocycles. The van der Waals surface area contributed by atoms with Crippen molar-refractivity contribution in [2.45, 2.75) is 24.5 Å². The summed E-state index contributed by atoms with van der Waals surface area (Å²) in [5.41, 5.74) is 0.274. The van der Waals surface area contributed by atoms with E-state index < -0.39 is 10.0 Å².